The van der Waals surface area contributed by atoms with Gasteiger partial charge in [-0.2, -0.15) is 0 Å². The van der Waals surface area contributed by atoms with Gasteiger partial charge in [0.1, 0.15) is 28.6 Å². The van der Waals surface area contributed by atoms with Crippen LogP contribution in [0.15, 0.2) is 35.4 Å². The number of hydrogen-bond donors (Lipinski definition) is 2. The van der Waals surface area contributed by atoms with E-state index in [2.05, 4.69) is 9.72 Å². The van der Waals surface area contributed by atoms with Crippen LogP contribution in [-0.2, 0) is 10.0 Å². The predicted octanol–water partition coefficient (Wildman–Crippen LogP) is 1.89. The fourth-order valence-electron chi connectivity index (χ4n) is 3.52. The zero-order chi connectivity index (χ0) is 23.3. The van der Waals surface area contributed by atoms with E-state index in [1.54, 1.807) is 0 Å². The van der Waals surface area contributed by atoms with Crippen LogP contribution in [0.25, 0.3) is 0 Å². The number of fused-ring (bicyclic) bond motifs is 2. The Morgan fingerprint density at radius 3 is 2.75 bits per heavy atom. The second-order valence-electron chi connectivity index (χ2n) is 7.13. The number of alkyl halides is 3. The lowest BCUT2D eigenvalue weighted by Crippen LogP contribution is -2.37. The van der Waals surface area contributed by atoms with Crippen LogP contribution in [0, 0.1) is 5.82 Å². The molecule has 3 heterocycles. The van der Waals surface area contributed by atoms with Crippen molar-refractivity contribution in [2.45, 2.75) is 29.8 Å². The molecule has 1 saturated heterocycles. The fraction of sp³-hybridized carbons (Fsp3) is 0.333. The molecule has 2 aromatic rings. The maximum atomic E-state index is 13.6. The minimum Gasteiger partial charge on any atom is -0.475 e. The van der Waals surface area contributed by atoms with Crippen molar-refractivity contribution in [1.82, 2.24) is 9.88 Å². The number of carbonyl (C=O) groups is 1. The molecule has 1 aromatic heterocycles. The molecule has 2 aliphatic rings. The Kier molecular flexibility index (Phi) is 5.36. The molecule has 0 aliphatic carbocycles. The van der Waals surface area contributed by atoms with Gasteiger partial charge in [-0.3, -0.25) is 9.52 Å². The van der Waals surface area contributed by atoms with Gasteiger partial charge in [-0.05, 0) is 30.7 Å². The van der Waals surface area contributed by atoms with Gasteiger partial charge in [0.2, 0.25) is 5.88 Å². The molecule has 0 radical (unpaired) electrons. The van der Waals surface area contributed by atoms with Gasteiger partial charge >= 0.3 is 6.36 Å². The number of aliphatic hydroxyl groups is 1. The molecule has 2 atom stereocenters. The number of aromatic nitrogens is 1. The molecule has 2 aliphatic heterocycles. The normalized spacial score (nSPS) is 20.8. The number of hydrogen-bond acceptors (Lipinski definition) is 7. The Bertz CT molecular complexity index is 1170. The molecule has 2 N–H and O–H groups in total. The Balaban J connectivity index is 1.66. The second-order valence-corrected chi connectivity index (χ2v) is 8.78. The monoisotopic (exact) mass is 477 g/mol. The first-order valence-electron chi connectivity index (χ1n) is 9.13. The molecule has 1 fully saturated rings. The lowest BCUT2D eigenvalue weighted by molar-refractivity contribution is -0.275. The Morgan fingerprint density at radius 2 is 2.03 bits per heavy atom. The summed E-state index contributed by atoms with van der Waals surface area (Å²) in [6, 6.07) is 2.22. The molecule has 0 bridgehead atoms. The highest BCUT2D eigenvalue weighted by Crippen LogP contribution is 2.33. The molecule has 0 spiro atoms. The van der Waals surface area contributed by atoms with Gasteiger partial charge in [-0.25, -0.2) is 17.8 Å². The lowest BCUT2D eigenvalue weighted by Gasteiger charge is -2.20. The molecule has 0 unspecified atom stereocenters. The number of aliphatic hydroxyl groups excluding tert-OH is 1. The number of ether oxygens (including phenoxy) is 2. The predicted molar refractivity (Wildman–Crippen MR) is 99.1 cm³/mol. The number of anilines is 1. The number of benzene rings is 1. The first-order valence-corrected chi connectivity index (χ1v) is 10.6. The highest BCUT2D eigenvalue weighted by atomic mass is 32.2. The van der Waals surface area contributed by atoms with Gasteiger partial charge in [0.05, 0.1) is 24.0 Å². The number of nitrogens with one attached hydrogen (secondary N) is 1. The van der Waals surface area contributed by atoms with Gasteiger partial charge < -0.3 is 19.5 Å². The van der Waals surface area contributed by atoms with Crippen molar-refractivity contribution < 1.29 is 45.4 Å². The summed E-state index contributed by atoms with van der Waals surface area (Å²) in [5.74, 6) is -2.86. The van der Waals surface area contributed by atoms with E-state index >= 15 is 0 Å². The van der Waals surface area contributed by atoms with Crippen molar-refractivity contribution in [3.05, 3.63) is 41.8 Å². The third-order valence-corrected chi connectivity index (χ3v) is 6.22. The van der Waals surface area contributed by atoms with E-state index in [9.17, 15) is 35.9 Å². The third kappa shape index (κ3) is 4.41. The minimum atomic E-state index is -5.21. The van der Waals surface area contributed by atoms with Gasteiger partial charge in [0, 0.05) is 6.54 Å². The van der Waals surface area contributed by atoms with Crippen LogP contribution in [-0.4, -0.2) is 61.0 Å². The summed E-state index contributed by atoms with van der Waals surface area (Å²) in [5, 5.41) is 9.80. The number of nitrogens with zero attached hydrogens (tertiary/aromatic N) is 2. The highest BCUT2D eigenvalue weighted by molar-refractivity contribution is 7.92. The first-order chi connectivity index (χ1) is 14.9. The average Bonchev–Trinajstić information content (AvgIpc) is 3.01. The van der Waals surface area contributed by atoms with Crippen LogP contribution >= 0.6 is 0 Å². The summed E-state index contributed by atoms with van der Waals surface area (Å²) >= 11 is 0. The molecule has 4 rings (SSSR count). The molecule has 1 aromatic carbocycles. The summed E-state index contributed by atoms with van der Waals surface area (Å²) in [5.41, 5.74) is -0.381. The van der Waals surface area contributed by atoms with E-state index in [4.69, 9.17) is 4.74 Å². The molecular formula is C18H15F4N3O6S. The quantitative estimate of drug-likeness (QED) is 0.646. The molecule has 9 nitrogen and oxygen atoms in total. The minimum absolute atomic E-state index is 0.0592. The van der Waals surface area contributed by atoms with Crippen LogP contribution in [0.1, 0.15) is 16.8 Å². The van der Waals surface area contributed by atoms with Crippen LogP contribution in [0.4, 0.5) is 23.2 Å². The fourth-order valence-corrected chi connectivity index (χ4v) is 4.69. The number of carbonyl (C=O) groups excluding carboxylic acids is 1. The number of halogens is 4. The SMILES string of the molecule is O=C1c2cc(NS(=O)(=O)c3cc(F)ccc3OC(F)(F)F)cnc2OC[C@H]2C[C@H](O)CN12. The van der Waals surface area contributed by atoms with Crippen LogP contribution in [0.5, 0.6) is 11.6 Å². The highest BCUT2D eigenvalue weighted by Gasteiger charge is 2.39. The summed E-state index contributed by atoms with van der Waals surface area (Å²) in [6.07, 6.45) is -4.64. The van der Waals surface area contributed by atoms with E-state index in [1.165, 1.54) is 4.90 Å². The number of rotatable bonds is 4. The Morgan fingerprint density at radius 1 is 1.28 bits per heavy atom. The molecule has 1 amide bonds. The number of sulfonamides is 1. The van der Waals surface area contributed by atoms with Crippen LogP contribution in [0.3, 0.4) is 0 Å². The number of amides is 1. The summed E-state index contributed by atoms with van der Waals surface area (Å²) in [7, 11) is -4.78. The van der Waals surface area contributed by atoms with Crippen molar-refractivity contribution in [3.63, 3.8) is 0 Å². The molecule has 0 saturated carbocycles. The number of pyridine rings is 1. The topological polar surface area (TPSA) is 118 Å². The Labute approximate surface area is 178 Å². The van der Waals surface area contributed by atoms with Crippen molar-refractivity contribution in [2.24, 2.45) is 0 Å². The maximum absolute atomic E-state index is 13.6. The van der Waals surface area contributed by atoms with Crippen LogP contribution < -0.4 is 14.2 Å². The van der Waals surface area contributed by atoms with Crippen LogP contribution in [0.2, 0.25) is 0 Å². The summed E-state index contributed by atoms with van der Waals surface area (Å²) in [6.45, 7) is 0.138. The summed E-state index contributed by atoms with van der Waals surface area (Å²) < 4.78 is 88.0. The van der Waals surface area contributed by atoms with Gasteiger partial charge in [0.15, 0.2) is 0 Å². The third-order valence-electron chi connectivity index (χ3n) is 4.82. The van der Waals surface area contributed by atoms with Crippen molar-refractivity contribution in [2.75, 3.05) is 17.9 Å². The first kappa shape index (κ1) is 22.1. The van der Waals surface area contributed by atoms with E-state index in [0.29, 0.717) is 24.6 Å². The van der Waals surface area contributed by atoms with Crippen molar-refractivity contribution in [1.29, 1.82) is 0 Å². The zero-order valence-corrected chi connectivity index (χ0v) is 16.8. The largest absolute Gasteiger partial charge is 0.573 e. The lowest BCUT2D eigenvalue weighted by atomic mass is 10.2. The standard InChI is InChI=1S/C18H15F4N3O6S/c19-9-1-2-14(31-18(20,21)22)15(3-9)32(28,29)24-10-4-13-16(23-6-10)30-8-11-5-12(26)7-25(11)17(13)27/h1-4,6,11-12,24,26H,5,7-8H2/t11-,12+/m1/s1. The molecular weight excluding hydrogens is 462 g/mol. The van der Waals surface area contributed by atoms with Gasteiger partial charge in [0.25, 0.3) is 15.9 Å². The average molecular weight is 477 g/mol. The van der Waals surface area contributed by atoms with E-state index in [0.717, 1.165) is 12.3 Å². The second kappa shape index (κ2) is 7.78. The zero-order valence-electron chi connectivity index (χ0n) is 16.0. The molecule has 172 valence electrons. The molecule has 14 heteroatoms. The van der Waals surface area contributed by atoms with Gasteiger partial charge in [-0.1, -0.05) is 0 Å². The van der Waals surface area contributed by atoms with Gasteiger partial charge in [-0.15, -0.1) is 13.2 Å². The van der Waals surface area contributed by atoms with E-state index < -0.39 is 44.9 Å². The van der Waals surface area contributed by atoms with Crippen molar-refractivity contribution in [3.8, 4) is 11.6 Å². The van der Waals surface area contributed by atoms with Crippen molar-refractivity contribution >= 4 is 21.6 Å². The van der Waals surface area contributed by atoms with E-state index in [1.807, 2.05) is 4.72 Å². The summed E-state index contributed by atoms with van der Waals surface area (Å²) in [4.78, 5) is 17.0. The van der Waals surface area contributed by atoms with E-state index in [-0.39, 0.29) is 36.3 Å². The molecule has 32 heavy (non-hydrogen) atoms. The Hall–Kier alpha value is -3.13. The smallest absolute Gasteiger partial charge is 0.475 e. The maximum Gasteiger partial charge on any atom is 0.573 e.